The maximum atomic E-state index is 13.3. The van der Waals surface area contributed by atoms with Gasteiger partial charge in [-0.05, 0) is 63.6 Å². The van der Waals surface area contributed by atoms with Crippen molar-refractivity contribution in [2.75, 3.05) is 19.8 Å². The van der Waals surface area contributed by atoms with Gasteiger partial charge in [-0.1, -0.05) is 18.5 Å². The van der Waals surface area contributed by atoms with Crippen molar-refractivity contribution in [3.8, 4) is 11.5 Å². The SMILES string of the molecule is CCCOc1c(Cl)cc(C2C3=C(CCCC3=O)N(CC)C3=C2C(=O)CCC3)cc1OCC. The van der Waals surface area contributed by atoms with E-state index in [9.17, 15) is 9.59 Å². The molecule has 0 saturated heterocycles. The second-order valence-electron chi connectivity index (χ2n) is 8.56. The van der Waals surface area contributed by atoms with Crippen LogP contribution in [0.3, 0.4) is 0 Å². The normalized spacial score (nSPS) is 19.3. The topological polar surface area (TPSA) is 55.8 Å². The quantitative estimate of drug-likeness (QED) is 0.505. The highest BCUT2D eigenvalue weighted by Gasteiger charge is 2.43. The molecule has 6 heteroatoms. The maximum absolute atomic E-state index is 13.3. The lowest BCUT2D eigenvalue weighted by molar-refractivity contribution is -0.117. The zero-order valence-electron chi connectivity index (χ0n) is 19.3. The third kappa shape index (κ3) is 3.96. The Morgan fingerprint density at radius 2 is 1.56 bits per heavy atom. The first-order valence-corrected chi connectivity index (χ1v) is 12.3. The van der Waals surface area contributed by atoms with Gasteiger partial charge < -0.3 is 14.4 Å². The van der Waals surface area contributed by atoms with Crippen LogP contribution in [-0.4, -0.2) is 36.2 Å². The van der Waals surface area contributed by atoms with Crippen molar-refractivity contribution in [2.45, 2.75) is 71.6 Å². The van der Waals surface area contributed by atoms with Gasteiger partial charge in [-0.25, -0.2) is 0 Å². The molecule has 1 aliphatic heterocycles. The lowest BCUT2D eigenvalue weighted by Crippen LogP contribution is -2.39. The number of rotatable bonds is 7. The van der Waals surface area contributed by atoms with Crippen LogP contribution in [0.5, 0.6) is 11.5 Å². The minimum absolute atomic E-state index is 0.139. The number of ether oxygens (including phenoxy) is 2. The summed E-state index contributed by atoms with van der Waals surface area (Å²) >= 11 is 6.69. The van der Waals surface area contributed by atoms with Gasteiger partial charge in [0.05, 0.1) is 18.2 Å². The molecule has 1 aromatic carbocycles. The lowest BCUT2D eigenvalue weighted by Gasteiger charge is -2.43. The zero-order chi connectivity index (χ0) is 22.8. The van der Waals surface area contributed by atoms with E-state index in [1.54, 1.807) is 0 Å². The second kappa shape index (κ2) is 9.70. The Bertz CT molecular complexity index is 950. The second-order valence-corrected chi connectivity index (χ2v) is 8.97. The Hall–Kier alpha value is -2.27. The summed E-state index contributed by atoms with van der Waals surface area (Å²) in [5, 5.41) is 0.452. The molecule has 1 aromatic rings. The number of benzene rings is 1. The highest BCUT2D eigenvalue weighted by molar-refractivity contribution is 6.32. The smallest absolute Gasteiger partial charge is 0.179 e. The first-order valence-electron chi connectivity index (χ1n) is 11.9. The van der Waals surface area contributed by atoms with E-state index in [1.165, 1.54) is 0 Å². The van der Waals surface area contributed by atoms with Crippen molar-refractivity contribution in [3.63, 3.8) is 0 Å². The number of halogens is 1. The van der Waals surface area contributed by atoms with E-state index >= 15 is 0 Å². The van der Waals surface area contributed by atoms with Crippen LogP contribution in [0.2, 0.25) is 5.02 Å². The van der Waals surface area contributed by atoms with Crippen LogP contribution in [0.4, 0.5) is 0 Å². The average Bonchev–Trinajstić information content (AvgIpc) is 2.77. The zero-order valence-corrected chi connectivity index (χ0v) is 20.0. The molecular weight excluding hydrogens is 426 g/mol. The summed E-state index contributed by atoms with van der Waals surface area (Å²) in [5.74, 6) is 0.982. The molecule has 5 nitrogen and oxygen atoms in total. The number of hydrogen-bond acceptors (Lipinski definition) is 5. The molecule has 3 aliphatic rings. The predicted octanol–water partition coefficient (Wildman–Crippen LogP) is 5.96. The summed E-state index contributed by atoms with van der Waals surface area (Å²) in [6.07, 6.45) is 5.33. The molecule has 0 bridgehead atoms. The molecular formula is C26H32ClNO4. The molecule has 32 heavy (non-hydrogen) atoms. The molecule has 0 saturated carbocycles. The highest BCUT2D eigenvalue weighted by Crippen LogP contribution is 2.51. The van der Waals surface area contributed by atoms with Gasteiger partial charge in [-0.3, -0.25) is 9.59 Å². The molecule has 2 aliphatic carbocycles. The van der Waals surface area contributed by atoms with Crippen molar-refractivity contribution >= 4 is 23.2 Å². The molecule has 1 heterocycles. The molecule has 0 spiro atoms. The Morgan fingerprint density at radius 1 is 0.938 bits per heavy atom. The molecule has 0 unspecified atom stereocenters. The number of Topliss-reactive ketones (excluding diaryl/α,β-unsaturated/α-hetero) is 2. The Labute approximate surface area is 195 Å². The summed E-state index contributed by atoms with van der Waals surface area (Å²) in [7, 11) is 0. The molecule has 0 radical (unpaired) electrons. The summed E-state index contributed by atoms with van der Waals surface area (Å²) in [6.45, 7) is 7.82. The molecule has 4 rings (SSSR count). The number of allylic oxidation sites excluding steroid dienone is 4. The van der Waals surface area contributed by atoms with Gasteiger partial charge in [0.25, 0.3) is 0 Å². The van der Waals surface area contributed by atoms with Crippen molar-refractivity contribution in [1.29, 1.82) is 0 Å². The van der Waals surface area contributed by atoms with E-state index in [1.807, 2.05) is 26.0 Å². The van der Waals surface area contributed by atoms with Crippen LogP contribution < -0.4 is 9.47 Å². The fourth-order valence-electron chi connectivity index (χ4n) is 5.29. The molecule has 0 aromatic heterocycles. The highest BCUT2D eigenvalue weighted by atomic mass is 35.5. The van der Waals surface area contributed by atoms with Gasteiger partial charge in [-0.15, -0.1) is 0 Å². The Kier molecular flexibility index (Phi) is 6.94. The molecule has 0 N–H and O–H groups in total. The molecule has 172 valence electrons. The van der Waals surface area contributed by atoms with Crippen LogP contribution in [-0.2, 0) is 9.59 Å². The fraction of sp³-hybridized carbons (Fsp3) is 0.538. The first kappa shape index (κ1) is 22.9. The number of ketones is 2. The van der Waals surface area contributed by atoms with Gasteiger partial charge in [0, 0.05) is 47.8 Å². The van der Waals surface area contributed by atoms with E-state index < -0.39 is 0 Å². The molecule has 0 amide bonds. The van der Waals surface area contributed by atoms with E-state index in [-0.39, 0.29) is 17.5 Å². The monoisotopic (exact) mass is 457 g/mol. The van der Waals surface area contributed by atoms with E-state index in [4.69, 9.17) is 21.1 Å². The summed E-state index contributed by atoms with van der Waals surface area (Å²) in [5.41, 5.74) is 4.55. The summed E-state index contributed by atoms with van der Waals surface area (Å²) in [4.78, 5) is 28.7. The standard InChI is InChI=1S/C26H32ClNO4/c1-4-13-32-26-17(27)14-16(15-22(26)31-6-3)23-24-18(9-7-11-20(24)29)28(5-2)19-10-8-12-21(30)25(19)23/h14-15,23H,4-13H2,1-3H3. The summed E-state index contributed by atoms with van der Waals surface area (Å²) in [6, 6.07) is 3.78. The molecule has 0 fully saturated rings. The minimum atomic E-state index is -0.389. The van der Waals surface area contributed by atoms with E-state index in [2.05, 4.69) is 11.8 Å². The van der Waals surface area contributed by atoms with Crippen LogP contribution in [0, 0.1) is 0 Å². The van der Waals surface area contributed by atoms with Gasteiger partial charge in [0.1, 0.15) is 0 Å². The van der Waals surface area contributed by atoms with Crippen LogP contribution in [0.15, 0.2) is 34.7 Å². The largest absolute Gasteiger partial charge is 0.490 e. The summed E-state index contributed by atoms with van der Waals surface area (Å²) < 4.78 is 11.8. The lowest BCUT2D eigenvalue weighted by atomic mass is 9.71. The maximum Gasteiger partial charge on any atom is 0.179 e. The van der Waals surface area contributed by atoms with Crippen molar-refractivity contribution in [2.24, 2.45) is 0 Å². The van der Waals surface area contributed by atoms with Crippen molar-refractivity contribution in [1.82, 2.24) is 4.90 Å². The van der Waals surface area contributed by atoms with E-state index in [0.717, 1.165) is 66.8 Å². The van der Waals surface area contributed by atoms with Gasteiger partial charge in [0.2, 0.25) is 0 Å². The number of hydrogen-bond donors (Lipinski definition) is 0. The van der Waals surface area contributed by atoms with Crippen molar-refractivity contribution < 1.29 is 19.1 Å². The predicted molar refractivity (Wildman–Crippen MR) is 125 cm³/mol. The fourth-order valence-corrected chi connectivity index (χ4v) is 5.57. The van der Waals surface area contributed by atoms with Crippen molar-refractivity contribution in [3.05, 3.63) is 45.3 Å². The number of nitrogens with zero attached hydrogens (tertiary/aromatic N) is 1. The van der Waals surface area contributed by atoms with Gasteiger partial charge in [-0.2, -0.15) is 0 Å². The van der Waals surface area contributed by atoms with E-state index in [0.29, 0.717) is 42.6 Å². The van der Waals surface area contributed by atoms with Crippen LogP contribution in [0.25, 0.3) is 0 Å². The molecule has 0 atom stereocenters. The van der Waals surface area contributed by atoms with Gasteiger partial charge in [0.15, 0.2) is 23.1 Å². The number of carbonyl (C=O) groups is 2. The minimum Gasteiger partial charge on any atom is -0.490 e. The van der Waals surface area contributed by atoms with Gasteiger partial charge >= 0.3 is 0 Å². The number of carbonyl (C=O) groups excluding carboxylic acids is 2. The third-order valence-corrected chi connectivity index (χ3v) is 6.80. The van der Waals surface area contributed by atoms with Crippen LogP contribution in [0.1, 0.15) is 77.2 Å². The van der Waals surface area contributed by atoms with Crippen LogP contribution >= 0.6 is 11.6 Å². The third-order valence-electron chi connectivity index (χ3n) is 6.52. The Morgan fingerprint density at radius 3 is 2.09 bits per heavy atom. The Balaban J connectivity index is 1.92. The average molecular weight is 458 g/mol. The first-order chi connectivity index (χ1) is 15.5.